The molecule has 1 saturated heterocycles. The number of carbonyl (C=O) groups is 3. The van der Waals surface area contributed by atoms with E-state index in [1.807, 2.05) is 18.4 Å². The average Bonchev–Trinajstić information content (AvgIpc) is 3.31. The van der Waals surface area contributed by atoms with Gasteiger partial charge < -0.3 is 9.88 Å². The number of ketones is 1. The van der Waals surface area contributed by atoms with Crippen molar-refractivity contribution in [1.29, 1.82) is 0 Å². The van der Waals surface area contributed by atoms with Crippen LogP contribution in [0.25, 0.3) is 0 Å². The predicted molar refractivity (Wildman–Crippen MR) is 89.8 cm³/mol. The average molecular weight is 329 g/mol. The first-order valence-corrected chi connectivity index (χ1v) is 8.24. The normalized spacial score (nSPS) is 23.5. The molecule has 3 rings (SSSR count). The molecule has 1 aromatic rings. The molecule has 1 N–H and O–H groups in total. The number of urea groups is 1. The fourth-order valence-electron chi connectivity index (χ4n) is 3.52. The van der Waals surface area contributed by atoms with Crippen molar-refractivity contribution < 1.29 is 14.4 Å². The van der Waals surface area contributed by atoms with Crippen molar-refractivity contribution in [3.8, 4) is 0 Å². The Labute approximate surface area is 141 Å². The molecular weight excluding hydrogens is 306 g/mol. The van der Waals surface area contributed by atoms with Crippen molar-refractivity contribution in [3.05, 3.63) is 35.7 Å². The Morgan fingerprint density at radius 2 is 2.08 bits per heavy atom. The van der Waals surface area contributed by atoms with Crippen LogP contribution in [0.4, 0.5) is 4.79 Å². The van der Waals surface area contributed by atoms with E-state index >= 15 is 0 Å². The number of rotatable bonds is 6. The van der Waals surface area contributed by atoms with Crippen LogP contribution in [-0.2, 0) is 11.3 Å². The Balaban J connectivity index is 1.80. The number of aromatic nitrogens is 1. The molecule has 2 aliphatic rings. The summed E-state index contributed by atoms with van der Waals surface area (Å²) in [4.78, 5) is 38.5. The third kappa shape index (κ3) is 2.46. The highest BCUT2D eigenvalue weighted by molar-refractivity contribution is 6.11. The number of nitrogens with one attached hydrogen (secondary N) is 1. The summed E-state index contributed by atoms with van der Waals surface area (Å²) < 4.78 is 1.99. The minimum absolute atomic E-state index is 0.187. The number of amides is 3. The summed E-state index contributed by atoms with van der Waals surface area (Å²) >= 11 is 0. The number of aryl methyl sites for hydroxylation is 1. The fourth-order valence-corrected chi connectivity index (χ4v) is 3.52. The molecule has 2 fully saturated rings. The molecule has 1 saturated carbocycles. The van der Waals surface area contributed by atoms with E-state index in [0.717, 1.165) is 29.1 Å². The second kappa shape index (κ2) is 5.61. The minimum Gasteiger partial charge on any atom is -0.345 e. The second-order valence-corrected chi connectivity index (χ2v) is 6.91. The molecule has 0 bridgehead atoms. The number of carbonyl (C=O) groups excluding carboxylic acids is 3. The number of Topliss-reactive ketones (excluding diaryl/α,β-unsaturated/α-hetero) is 1. The number of hydrogen-bond acceptors (Lipinski definition) is 3. The van der Waals surface area contributed by atoms with Crippen LogP contribution in [0, 0.1) is 19.8 Å². The Hall–Kier alpha value is -2.37. The summed E-state index contributed by atoms with van der Waals surface area (Å²) in [6, 6.07) is 1.34. The molecule has 1 unspecified atom stereocenters. The monoisotopic (exact) mass is 329 g/mol. The van der Waals surface area contributed by atoms with Gasteiger partial charge in [-0.15, -0.1) is 6.58 Å². The van der Waals surface area contributed by atoms with E-state index < -0.39 is 11.6 Å². The molecular formula is C18H23N3O3. The summed E-state index contributed by atoms with van der Waals surface area (Å²) in [5.74, 6) is -0.322. The van der Waals surface area contributed by atoms with E-state index in [2.05, 4.69) is 11.9 Å². The fraction of sp³-hybridized carbons (Fsp3) is 0.500. The zero-order valence-electron chi connectivity index (χ0n) is 14.4. The summed E-state index contributed by atoms with van der Waals surface area (Å²) in [6.07, 6.45) is 3.65. The molecule has 2 heterocycles. The van der Waals surface area contributed by atoms with Crippen molar-refractivity contribution in [1.82, 2.24) is 14.8 Å². The molecule has 0 radical (unpaired) electrons. The van der Waals surface area contributed by atoms with E-state index in [4.69, 9.17) is 0 Å². The zero-order chi connectivity index (χ0) is 17.6. The van der Waals surface area contributed by atoms with Crippen molar-refractivity contribution in [2.75, 3.05) is 6.54 Å². The highest BCUT2D eigenvalue weighted by Crippen LogP contribution is 2.42. The lowest BCUT2D eigenvalue weighted by Gasteiger charge is -2.20. The van der Waals surface area contributed by atoms with Crippen LogP contribution in [-0.4, -0.2) is 39.3 Å². The third-order valence-electron chi connectivity index (χ3n) is 5.18. The van der Waals surface area contributed by atoms with Gasteiger partial charge in [-0.05, 0) is 45.6 Å². The van der Waals surface area contributed by atoms with Gasteiger partial charge in [-0.1, -0.05) is 6.08 Å². The van der Waals surface area contributed by atoms with E-state index in [9.17, 15) is 14.4 Å². The van der Waals surface area contributed by atoms with E-state index in [1.165, 1.54) is 0 Å². The number of nitrogens with zero attached hydrogens (tertiary/aromatic N) is 2. The molecule has 6 heteroatoms. The summed E-state index contributed by atoms with van der Waals surface area (Å²) in [5.41, 5.74) is 1.48. The van der Waals surface area contributed by atoms with E-state index in [0.29, 0.717) is 12.1 Å². The van der Waals surface area contributed by atoms with Crippen molar-refractivity contribution in [3.63, 3.8) is 0 Å². The second-order valence-electron chi connectivity index (χ2n) is 6.91. The first-order valence-electron chi connectivity index (χ1n) is 8.24. The third-order valence-corrected chi connectivity index (χ3v) is 5.18. The van der Waals surface area contributed by atoms with Gasteiger partial charge in [0.05, 0.1) is 6.54 Å². The summed E-state index contributed by atoms with van der Waals surface area (Å²) in [5, 5.41) is 2.77. The quantitative estimate of drug-likeness (QED) is 0.494. The lowest BCUT2D eigenvalue weighted by atomic mass is 9.96. The van der Waals surface area contributed by atoms with E-state index in [-0.39, 0.29) is 24.2 Å². The Morgan fingerprint density at radius 3 is 2.67 bits per heavy atom. The SMILES string of the molecule is C=CCn1c(C)cc(C(=O)CN2C(=O)NC(C)(C3CC3)C2=O)c1C. The molecule has 128 valence electrons. The molecule has 1 atom stereocenters. The Morgan fingerprint density at radius 1 is 1.42 bits per heavy atom. The number of hydrogen-bond donors (Lipinski definition) is 1. The van der Waals surface area contributed by atoms with E-state index in [1.54, 1.807) is 19.1 Å². The maximum Gasteiger partial charge on any atom is 0.325 e. The topological polar surface area (TPSA) is 71.4 Å². The van der Waals surface area contributed by atoms with Crippen molar-refractivity contribution in [2.45, 2.75) is 45.7 Å². The molecule has 1 aliphatic heterocycles. The maximum atomic E-state index is 12.7. The smallest absolute Gasteiger partial charge is 0.325 e. The minimum atomic E-state index is -0.850. The van der Waals surface area contributed by atoms with Gasteiger partial charge in [-0.3, -0.25) is 14.5 Å². The first-order chi connectivity index (χ1) is 11.3. The molecule has 1 aromatic heterocycles. The van der Waals surface area contributed by atoms with Gasteiger partial charge in [0.25, 0.3) is 5.91 Å². The maximum absolute atomic E-state index is 12.7. The first kappa shape index (κ1) is 16.5. The molecule has 24 heavy (non-hydrogen) atoms. The van der Waals surface area contributed by atoms with Gasteiger partial charge in [-0.2, -0.15) is 0 Å². The lowest BCUT2D eigenvalue weighted by Crippen LogP contribution is -2.46. The van der Waals surface area contributed by atoms with Gasteiger partial charge in [0.1, 0.15) is 5.54 Å². The standard InChI is InChI=1S/C18H23N3O3/c1-5-8-20-11(2)9-14(12(20)3)15(22)10-21-16(23)18(4,13-6-7-13)19-17(21)24/h5,9,13H,1,6-8,10H2,2-4H3,(H,19,24). The van der Waals surface area contributed by atoms with Crippen LogP contribution < -0.4 is 5.32 Å². The van der Waals surface area contributed by atoms with Gasteiger partial charge >= 0.3 is 6.03 Å². The van der Waals surface area contributed by atoms with Gasteiger partial charge in [0, 0.05) is 23.5 Å². The predicted octanol–water partition coefficient (Wildman–Crippen LogP) is 2.19. The highest BCUT2D eigenvalue weighted by atomic mass is 16.2. The van der Waals surface area contributed by atoms with Gasteiger partial charge in [0.2, 0.25) is 0 Å². The van der Waals surface area contributed by atoms with Crippen LogP contribution in [0.2, 0.25) is 0 Å². The molecule has 1 aliphatic carbocycles. The van der Waals surface area contributed by atoms with Crippen LogP contribution >= 0.6 is 0 Å². The zero-order valence-corrected chi connectivity index (χ0v) is 14.4. The summed E-state index contributed by atoms with van der Waals surface area (Å²) in [6.45, 7) is 9.67. The number of imide groups is 1. The van der Waals surface area contributed by atoms with Crippen LogP contribution in [0.3, 0.4) is 0 Å². The summed E-state index contributed by atoms with van der Waals surface area (Å²) in [7, 11) is 0. The molecule has 6 nitrogen and oxygen atoms in total. The van der Waals surface area contributed by atoms with Crippen molar-refractivity contribution in [2.24, 2.45) is 5.92 Å². The van der Waals surface area contributed by atoms with Gasteiger partial charge in [-0.25, -0.2) is 4.79 Å². The Bertz CT molecular complexity index is 745. The molecule has 3 amide bonds. The van der Waals surface area contributed by atoms with Crippen LogP contribution in [0.15, 0.2) is 18.7 Å². The number of allylic oxidation sites excluding steroid dienone is 1. The van der Waals surface area contributed by atoms with Gasteiger partial charge in [0.15, 0.2) is 5.78 Å². The Kier molecular flexibility index (Phi) is 3.86. The lowest BCUT2D eigenvalue weighted by molar-refractivity contribution is -0.131. The van der Waals surface area contributed by atoms with Crippen LogP contribution in [0.1, 0.15) is 41.5 Å². The highest BCUT2D eigenvalue weighted by Gasteiger charge is 2.56. The van der Waals surface area contributed by atoms with Crippen molar-refractivity contribution >= 4 is 17.7 Å². The largest absolute Gasteiger partial charge is 0.345 e. The van der Waals surface area contributed by atoms with Crippen LogP contribution in [0.5, 0.6) is 0 Å². The molecule has 0 aromatic carbocycles. The molecule has 0 spiro atoms.